The minimum atomic E-state index is 0.0444. The number of nitrogens with zero attached hydrogens (tertiary/aromatic N) is 2. The average molecular weight is 248 g/mol. The molecule has 17 heavy (non-hydrogen) atoms. The van der Waals surface area contributed by atoms with Crippen molar-refractivity contribution in [1.29, 1.82) is 0 Å². The van der Waals surface area contributed by atoms with E-state index in [4.69, 9.17) is 0 Å². The van der Waals surface area contributed by atoms with E-state index in [1.807, 2.05) is 11.7 Å². The lowest BCUT2D eigenvalue weighted by molar-refractivity contribution is 0.565. The van der Waals surface area contributed by atoms with Crippen LogP contribution in [0.4, 0.5) is 0 Å². The summed E-state index contributed by atoms with van der Waals surface area (Å²) in [6, 6.07) is 0. The van der Waals surface area contributed by atoms with Crippen LogP contribution in [-0.4, -0.2) is 9.97 Å². The molecule has 2 nitrogen and oxygen atoms in total. The number of pyridine rings is 1. The second kappa shape index (κ2) is 3.77. The molecule has 3 heteroatoms. The summed E-state index contributed by atoms with van der Waals surface area (Å²) < 4.78 is 1.29. The molecule has 0 fully saturated rings. The minimum Gasteiger partial charge on any atom is -0.258 e. The Morgan fingerprint density at radius 3 is 2.12 bits per heavy atom. The summed E-state index contributed by atoms with van der Waals surface area (Å²) in [6.07, 6.45) is 2.03. The van der Waals surface area contributed by atoms with Crippen molar-refractivity contribution in [1.82, 2.24) is 9.97 Å². The van der Waals surface area contributed by atoms with Gasteiger partial charge >= 0.3 is 0 Å². The van der Waals surface area contributed by atoms with Gasteiger partial charge in [-0.3, -0.25) is 4.98 Å². The Morgan fingerprint density at radius 1 is 0.941 bits per heavy atom. The molecule has 0 saturated carbocycles. The van der Waals surface area contributed by atoms with Crippen LogP contribution in [0.5, 0.6) is 0 Å². The Hall–Kier alpha value is -0.960. The molecule has 0 spiro atoms. The molecule has 92 valence electrons. The predicted octanol–water partition coefficient (Wildman–Crippen LogP) is 4.29. The maximum Gasteiger partial charge on any atom is 0.104 e. The van der Waals surface area contributed by atoms with E-state index in [9.17, 15) is 0 Å². The molecule has 0 aliphatic carbocycles. The Kier molecular flexibility index (Phi) is 2.77. The van der Waals surface area contributed by atoms with Crippen molar-refractivity contribution < 1.29 is 0 Å². The molecular weight excluding hydrogens is 228 g/mol. The topological polar surface area (TPSA) is 25.8 Å². The lowest BCUT2D eigenvalue weighted by Gasteiger charge is -2.23. The molecule has 0 aliphatic heterocycles. The van der Waals surface area contributed by atoms with Crippen LogP contribution in [0.1, 0.15) is 52.8 Å². The minimum absolute atomic E-state index is 0.0444. The Labute approximate surface area is 107 Å². The van der Waals surface area contributed by atoms with Gasteiger partial charge in [-0.15, -0.1) is 11.3 Å². The SMILES string of the molecule is CC(C)(C)c1ncc(C(C)(C)C)c2scnc12. The zero-order chi connectivity index (χ0) is 12.8. The Balaban J connectivity index is 2.76. The molecule has 0 aromatic carbocycles. The van der Waals surface area contributed by atoms with E-state index in [0.29, 0.717) is 0 Å². The van der Waals surface area contributed by atoms with Gasteiger partial charge in [0, 0.05) is 11.6 Å². The van der Waals surface area contributed by atoms with E-state index >= 15 is 0 Å². The third kappa shape index (κ3) is 2.21. The van der Waals surface area contributed by atoms with E-state index in [2.05, 4.69) is 51.5 Å². The van der Waals surface area contributed by atoms with Crippen LogP contribution < -0.4 is 0 Å². The largest absolute Gasteiger partial charge is 0.258 e. The first kappa shape index (κ1) is 12.5. The predicted molar refractivity (Wildman–Crippen MR) is 74.8 cm³/mol. The highest BCUT2D eigenvalue weighted by Crippen LogP contribution is 2.36. The molecule has 0 atom stereocenters. The van der Waals surface area contributed by atoms with E-state index in [1.54, 1.807) is 11.3 Å². The van der Waals surface area contributed by atoms with Gasteiger partial charge in [0.05, 0.1) is 15.9 Å². The summed E-state index contributed by atoms with van der Waals surface area (Å²) in [5.41, 5.74) is 5.56. The van der Waals surface area contributed by atoms with Gasteiger partial charge in [0.2, 0.25) is 0 Å². The summed E-state index contributed by atoms with van der Waals surface area (Å²) in [5.74, 6) is 0. The summed E-state index contributed by atoms with van der Waals surface area (Å²) in [6.45, 7) is 13.2. The molecule has 2 heterocycles. The van der Waals surface area contributed by atoms with Gasteiger partial charge in [0.25, 0.3) is 0 Å². The summed E-state index contributed by atoms with van der Waals surface area (Å²) in [4.78, 5) is 9.18. The molecule has 0 radical (unpaired) electrons. The maximum atomic E-state index is 4.66. The second-order valence-electron chi connectivity index (χ2n) is 6.55. The summed E-state index contributed by atoms with van der Waals surface area (Å²) >= 11 is 1.72. The fourth-order valence-electron chi connectivity index (χ4n) is 1.94. The van der Waals surface area contributed by atoms with Crippen molar-refractivity contribution in [3.63, 3.8) is 0 Å². The first-order valence-electron chi connectivity index (χ1n) is 5.94. The number of aromatic nitrogens is 2. The molecule has 0 saturated heterocycles. The van der Waals surface area contributed by atoms with Crippen molar-refractivity contribution in [2.75, 3.05) is 0 Å². The van der Waals surface area contributed by atoms with E-state index in [0.717, 1.165) is 11.2 Å². The van der Waals surface area contributed by atoms with Gasteiger partial charge in [0.15, 0.2) is 0 Å². The second-order valence-corrected chi connectivity index (χ2v) is 7.41. The van der Waals surface area contributed by atoms with Crippen molar-refractivity contribution in [2.45, 2.75) is 52.4 Å². The number of fused-ring (bicyclic) bond motifs is 1. The van der Waals surface area contributed by atoms with E-state index < -0.39 is 0 Å². The molecule has 2 aromatic rings. The molecule has 0 unspecified atom stereocenters. The smallest absolute Gasteiger partial charge is 0.104 e. The highest BCUT2D eigenvalue weighted by atomic mass is 32.1. The zero-order valence-corrected chi connectivity index (χ0v) is 12.3. The fourth-order valence-corrected chi connectivity index (χ4v) is 2.95. The summed E-state index contributed by atoms with van der Waals surface area (Å²) in [5, 5.41) is 0. The van der Waals surface area contributed by atoms with Crippen LogP contribution in [0.15, 0.2) is 11.7 Å². The van der Waals surface area contributed by atoms with Gasteiger partial charge in [-0.2, -0.15) is 0 Å². The number of hydrogen-bond donors (Lipinski definition) is 0. The number of rotatable bonds is 0. The van der Waals surface area contributed by atoms with Crippen LogP contribution in [0.3, 0.4) is 0 Å². The van der Waals surface area contributed by atoms with E-state index in [-0.39, 0.29) is 10.8 Å². The molecule has 2 aromatic heterocycles. The zero-order valence-electron chi connectivity index (χ0n) is 11.5. The van der Waals surface area contributed by atoms with Gasteiger partial charge in [-0.1, -0.05) is 41.5 Å². The van der Waals surface area contributed by atoms with Crippen molar-refractivity contribution >= 4 is 21.6 Å². The molecule has 0 amide bonds. The quantitative estimate of drug-likeness (QED) is 0.695. The lowest BCUT2D eigenvalue weighted by atomic mass is 9.85. The van der Waals surface area contributed by atoms with Crippen molar-refractivity contribution in [3.05, 3.63) is 23.0 Å². The van der Waals surface area contributed by atoms with Gasteiger partial charge in [0.1, 0.15) is 5.52 Å². The Bertz CT molecular complexity index is 493. The van der Waals surface area contributed by atoms with Crippen LogP contribution in [0.2, 0.25) is 0 Å². The molecule has 0 bridgehead atoms. The fraction of sp³-hybridized carbons (Fsp3) is 0.571. The molecule has 2 rings (SSSR count). The normalized spacial score (nSPS) is 13.3. The number of thiazole rings is 1. The monoisotopic (exact) mass is 248 g/mol. The first-order chi connectivity index (χ1) is 7.71. The van der Waals surface area contributed by atoms with Gasteiger partial charge in [-0.05, 0) is 11.0 Å². The van der Waals surface area contributed by atoms with Crippen molar-refractivity contribution in [2.24, 2.45) is 0 Å². The third-order valence-electron chi connectivity index (χ3n) is 2.88. The van der Waals surface area contributed by atoms with Gasteiger partial charge < -0.3 is 0 Å². The standard InChI is InChI=1S/C14H20N2S/c1-13(2,3)9-7-15-12(14(4,5)6)10-11(9)17-8-16-10/h7-8H,1-6H3. The summed E-state index contributed by atoms with van der Waals surface area (Å²) in [7, 11) is 0. The lowest BCUT2D eigenvalue weighted by Crippen LogP contribution is -2.17. The highest BCUT2D eigenvalue weighted by Gasteiger charge is 2.25. The molecule has 0 aliphatic rings. The van der Waals surface area contributed by atoms with Crippen LogP contribution in [-0.2, 0) is 10.8 Å². The first-order valence-corrected chi connectivity index (χ1v) is 6.82. The van der Waals surface area contributed by atoms with Crippen molar-refractivity contribution in [3.8, 4) is 0 Å². The van der Waals surface area contributed by atoms with Crippen LogP contribution >= 0.6 is 11.3 Å². The third-order valence-corrected chi connectivity index (χ3v) is 3.74. The molecular formula is C14H20N2S. The number of hydrogen-bond acceptors (Lipinski definition) is 3. The van der Waals surface area contributed by atoms with Gasteiger partial charge in [-0.25, -0.2) is 4.98 Å². The molecule has 0 N–H and O–H groups in total. The Morgan fingerprint density at radius 2 is 1.59 bits per heavy atom. The van der Waals surface area contributed by atoms with E-state index in [1.165, 1.54) is 10.3 Å². The maximum absolute atomic E-state index is 4.66. The van der Waals surface area contributed by atoms with Crippen LogP contribution in [0, 0.1) is 0 Å². The van der Waals surface area contributed by atoms with Crippen LogP contribution in [0.25, 0.3) is 10.2 Å². The average Bonchev–Trinajstić information content (AvgIpc) is 2.60. The highest BCUT2D eigenvalue weighted by molar-refractivity contribution is 7.17.